The largest absolute Gasteiger partial charge is 0.472 e. The van der Waals surface area contributed by atoms with Crippen LogP contribution in [0, 0.1) is 29.5 Å². The van der Waals surface area contributed by atoms with Crippen LogP contribution in [0.4, 0.5) is 4.39 Å². The molecule has 1 aliphatic heterocycles. The zero-order valence-corrected chi connectivity index (χ0v) is 20.2. The van der Waals surface area contributed by atoms with E-state index in [4.69, 9.17) is 4.74 Å². The lowest BCUT2D eigenvalue weighted by Gasteiger charge is -2.37. The molecular weight excluding hydrogens is 449 g/mol. The van der Waals surface area contributed by atoms with Crippen LogP contribution < -0.4 is 4.74 Å². The predicted molar refractivity (Wildman–Crippen MR) is 128 cm³/mol. The molecule has 1 saturated carbocycles. The summed E-state index contributed by atoms with van der Waals surface area (Å²) in [7, 11) is 1.66. The number of nitrogens with zero attached hydrogens (tertiary/aromatic N) is 3. The summed E-state index contributed by atoms with van der Waals surface area (Å²) in [4.78, 5) is 33.9. The van der Waals surface area contributed by atoms with Crippen molar-refractivity contribution in [3.8, 4) is 17.7 Å². The molecule has 0 spiro atoms. The van der Waals surface area contributed by atoms with Crippen LogP contribution in [0.1, 0.15) is 53.0 Å². The summed E-state index contributed by atoms with van der Waals surface area (Å²) in [5.74, 6) is 5.75. The van der Waals surface area contributed by atoms with E-state index in [0.29, 0.717) is 23.6 Å². The van der Waals surface area contributed by atoms with Gasteiger partial charge in [-0.3, -0.25) is 9.59 Å². The number of benzene rings is 1. The van der Waals surface area contributed by atoms with Crippen molar-refractivity contribution in [2.45, 2.75) is 38.8 Å². The Morgan fingerprint density at radius 3 is 2.71 bits per heavy atom. The van der Waals surface area contributed by atoms with Gasteiger partial charge in [0.05, 0.1) is 19.2 Å². The van der Waals surface area contributed by atoms with Crippen LogP contribution in [0.5, 0.6) is 5.88 Å². The summed E-state index contributed by atoms with van der Waals surface area (Å²) in [6, 6.07) is 6.68. The minimum Gasteiger partial charge on any atom is -0.472 e. The summed E-state index contributed by atoms with van der Waals surface area (Å²) in [6.45, 7) is 4.11. The molecule has 2 amide bonds. The van der Waals surface area contributed by atoms with Gasteiger partial charge in [-0.25, -0.2) is 9.37 Å². The number of carbonyl (C=O) groups is 2. The number of aliphatic hydroxyl groups is 1. The molecule has 1 aliphatic carbocycles. The Morgan fingerprint density at radius 1 is 1.34 bits per heavy atom. The van der Waals surface area contributed by atoms with Crippen LogP contribution in [0.25, 0.3) is 0 Å². The number of hydrogen-bond acceptors (Lipinski definition) is 5. The second-order valence-corrected chi connectivity index (χ2v) is 9.44. The molecule has 4 rings (SSSR count). The molecule has 1 aromatic heterocycles. The highest BCUT2D eigenvalue weighted by atomic mass is 19.1. The minimum absolute atomic E-state index is 0.166. The summed E-state index contributed by atoms with van der Waals surface area (Å²) in [6.07, 6.45) is 3.32. The van der Waals surface area contributed by atoms with Gasteiger partial charge < -0.3 is 19.6 Å². The molecule has 2 aliphatic rings. The predicted octanol–water partition coefficient (Wildman–Crippen LogP) is 2.97. The summed E-state index contributed by atoms with van der Waals surface area (Å²) < 4.78 is 19.5. The van der Waals surface area contributed by atoms with Crippen molar-refractivity contribution in [2.24, 2.45) is 11.8 Å². The van der Waals surface area contributed by atoms with Gasteiger partial charge in [-0.1, -0.05) is 18.8 Å². The molecule has 184 valence electrons. The summed E-state index contributed by atoms with van der Waals surface area (Å²) in [5.41, 5.74) is 1.30. The monoisotopic (exact) mass is 479 g/mol. The number of halogens is 1. The molecule has 1 N–H and O–H groups in total. The molecule has 1 aromatic carbocycles. The number of likely N-dealkylation sites (N-methyl/N-ethyl adjacent to an activating group) is 1. The van der Waals surface area contributed by atoms with Gasteiger partial charge in [0.25, 0.3) is 11.8 Å². The van der Waals surface area contributed by atoms with Gasteiger partial charge in [-0.15, -0.1) is 0 Å². The van der Waals surface area contributed by atoms with Crippen molar-refractivity contribution < 1.29 is 23.8 Å². The maximum atomic E-state index is 13.4. The minimum atomic E-state index is -0.472. The van der Waals surface area contributed by atoms with Crippen molar-refractivity contribution in [1.29, 1.82) is 0 Å². The second-order valence-electron chi connectivity index (χ2n) is 9.44. The Kier molecular flexibility index (Phi) is 7.37. The molecule has 2 aromatic rings. The number of hydrogen-bond donors (Lipinski definition) is 1. The van der Waals surface area contributed by atoms with Crippen LogP contribution in [0.2, 0.25) is 0 Å². The van der Waals surface area contributed by atoms with Gasteiger partial charge in [0.1, 0.15) is 17.5 Å². The number of rotatable bonds is 5. The number of aromatic nitrogens is 1. The summed E-state index contributed by atoms with van der Waals surface area (Å²) >= 11 is 0. The number of fused-ring (bicyclic) bond motifs is 1. The van der Waals surface area contributed by atoms with Gasteiger partial charge in [-0.2, -0.15) is 0 Å². The topological polar surface area (TPSA) is 83.0 Å². The van der Waals surface area contributed by atoms with E-state index in [-0.39, 0.29) is 42.3 Å². The Balaban J connectivity index is 1.62. The molecule has 3 atom stereocenters. The average molecular weight is 480 g/mol. The van der Waals surface area contributed by atoms with Crippen LogP contribution in [0.15, 0.2) is 36.5 Å². The van der Waals surface area contributed by atoms with Crippen LogP contribution in [0.3, 0.4) is 0 Å². The van der Waals surface area contributed by atoms with E-state index in [2.05, 4.69) is 16.8 Å². The quantitative estimate of drug-likeness (QED) is 0.667. The number of amides is 2. The first-order valence-electron chi connectivity index (χ1n) is 11.9. The Hall–Kier alpha value is -3.44. The van der Waals surface area contributed by atoms with E-state index in [9.17, 15) is 19.1 Å². The van der Waals surface area contributed by atoms with E-state index >= 15 is 0 Å². The molecule has 2 heterocycles. The lowest BCUT2D eigenvalue weighted by atomic mass is 9.99. The zero-order valence-electron chi connectivity index (χ0n) is 20.2. The SMILES string of the molecule is C[C@@H]1CN([C@@H](C)CO)C(=O)c2cc(C#CC3CC3)cnc2O[C@H]1CN(C)C(=O)c1ccc(F)cc1. The van der Waals surface area contributed by atoms with Crippen molar-refractivity contribution >= 4 is 11.8 Å². The number of ether oxygens (including phenoxy) is 1. The summed E-state index contributed by atoms with van der Waals surface area (Å²) in [5, 5.41) is 9.80. The third-order valence-electron chi connectivity index (χ3n) is 6.41. The zero-order chi connectivity index (χ0) is 25.1. The van der Waals surface area contributed by atoms with E-state index in [0.717, 1.165) is 12.8 Å². The van der Waals surface area contributed by atoms with Crippen molar-refractivity contribution in [2.75, 3.05) is 26.7 Å². The molecule has 0 unspecified atom stereocenters. The average Bonchev–Trinajstić information content (AvgIpc) is 3.69. The highest BCUT2D eigenvalue weighted by Crippen LogP contribution is 2.29. The lowest BCUT2D eigenvalue weighted by Crippen LogP contribution is -2.50. The van der Waals surface area contributed by atoms with E-state index in [1.165, 1.54) is 29.2 Å². The highest BCUT2D eigenvalue weighted by Gasteiger charge is 2.34. The fourth-order valence-corrected chi connectivity index (χ4v) is 3.97. The molecule has 8 heteroatoms. The molecule has 0 bridgehead atoms. The standard InChI is InChI=1S/C27H30FN3O4/c1-17-14-31(18(2)16-32)27(34)23-12-20(7-6-19-4-5-19)13-29-25(23)35-24(17)15-30(3)26(33)21-8-10-22(28)11-9-21/h8-13,17-19,24,32H,4-5,14-16H2,1-3H3/t17-,18+,24+/m1/s1. The van der Waals surface area contributed by atoms with Crippen LogP contribution in [-0.4, -0.2) is 70.6 Å². The molecule has 0 radical (unpaired) electrons. The molecule has 7 nitrogen and oxygen atoms in total. The van der Waals surface area contributed by atoms with Crippen molar-refractivity contribution in [1.82, 2.24) is 14.8 Å². The van der Waals surface area contributed by atoms with Gasteiger partial charge in [0.15, 0.2) is 0 Å². The fourth-order valence-electron chi connectivity index (χ4n) is 3.97. The number of aliphatic hydroxyl groups excluding tert-OH is 1. The third kappa shape index (κ3) is 5.80. The first-order chi connectivity index (χ1) is 16.8. The van der Waals surface area contributed by atoms with E-state index in [1.54, 1.807) is 31.1 Å². The molecular formula is C27H30FN3O4. The van der Waals surface area contributed by atoms with Gasteiger partial charge >= 0.3 is 0 Å². The Bertz CT molecular complexity index is 1150. The Morgan fingerprint density at radius 2 is 2.06 bits per heavy atom. The highest BCUT2D eigenvalue weighted by molar-refractivity contribution is 5.97. The van der Waals surface area contributed by atoms with Crippen LogP contribution in [-0.2, 0) is 0 Å². The number of pyridine rings is 1. The van der Waals surface area contributed by atoms with Gasteiger partial charge in [0.2, 0.25) is 5.88 Å². The Labute approximate surface area is 204 Å². The second kappa shape index (κ2) is 10.4. The first kappa shape index (κ1) is 24.7. The van der Waals surface area contributed by atoms with Crippen LogP contribution >= 0.6 is 0 Å². The van der Waals surface area contributed by atoms with E-state index in [1.807, 2.05) is 6.92 Å². The van der Waals surface area contributed by atoms with Crippen molar-refractivity contribution in [3.05, 3.63) is 59.0 Å². The lowest BCUT2D eigenvalue weighted by molar-refractivity contribution is 0.0313. The third-order valence-corrected chi connectivity index (χ3v) is 6.41. The maximum absolute atomic E-state index is 13.4. The van der Waals surface area contributed by atoms with Gasteiger partial charge in [0, 0.05) is 42.8 Å². The van der Waals surface area contributed by atoms with Crippen molar-refractivity contribution in [3.63, 3.8) is 0 Å². The molecule has 1 fully saturated rings. The number of carbonyl (C=O) groups excluding carboxylic acids is 2. The maximum Gasteiger partial charge on any atom is 0.259 e. The van der Waals surface area contributed by atoms with Gasteiger partial charge in [-0.05, 0) is 50.1 Å². The normalized spacial score (nSPS) is 20.5. The molecule has 35 heavy (non-hydrogen) atoms. The fraction of sp³-hybridized carbons (Fsp3) is 0.444. The molecule has 0 saturated heterocycles. The smallest absolute Gasteiger partial charge is 0.259 e. The van der Waals surface area contributed by atoms with E-state index < -0.39 is 18.0 Å². The first-order valence-corrected chi connectivity index (χ1v) is 11.9.